The molecule has 0 N–H and O–H groups in total. The predicted octanol–water partition coefficient (Wildman–Crippen LogP) is 3.70. The molecule has 0 aromatic carbocycles. The highest BCUT2D eigenvalue weighted by molar-refractivity contribution is 7.48. The van der Waals surface area contributed by atoms with E-state index in [4.69, 9.17) is 0 Å². The molecule has 0 rings (SSSR count). The summed E-state index contributed by atoms with van der Waals surface area (Å²) in [6.07, 6.45) is 5.18. The number of halogens is 1. The Bertz CT molecular complexity index is 163. The Balaban J connectivity index is 3.21. The van der Waals surface area contributed by atoms with Crippen LogP contribution in [0.25, 0.3) is 0 Å². The molecular weight excluding hydrogens is 194 g/mol. The monoisotopic (exact) mass is 212 g/mol. The van der Waals surface area contributed by atoms with E-state index in [1.807, 2.05) is 0 Å². The maximum absolute atomic E-state index is 12.5. The summed E-state index contributed by atoms with van der Waals surface area (Å²) in [6, 6.07) is 0. The quantitative estimate of drug-likeness (QED) is 0.454. The summed E-state index contributed by atoms with van der Waals surface area (Å²) in [5.74, 6) is 0. The molecule has 0 heterocycles. The molecule has 0 aliphatic rings. The SMILES string of the molecule is CCCCCCCOP(=O)(F)OC. The Kier molecular flexibility index (Phi) is 7.53. The van der Waals surface area contributed by atoms with Crippen LogP contribution in [0.2, 0.25) is 0 Å². The molecule has 0 amide bonds. The van der Waals surface area contributed by atoms with Crippen LogP contribution in [0.15, 0.2) is 0 Å². The van der Waals surface area contributed by atoms with Crippen LogP contribution in [0, 0.1) is 0 Å². The maximum Gasteiger partial charge on any atom is 0.512 e. The van der Waals surface area contributed by atoms with E-state index >= 15 is 0 Å². The van der Waals surface area contributed by atoms with Crippen molar-refractivity contribution in [3.05, 3.63) is 0 Å². The fraction of sp³-hybridized carbons (Fsp3) is 1.00. The number of unbranched alkanes of at least 4 members (excludes halogenated alkanes) is 4. The summed E-state index contributed by atoms with van der Waals surface area (Å²) < 4.78 is 31.5. The van der Waals surface area contributed by atoms with E-state index in [2.05, 4.69) is 16.0 Å². The minimum Gasteiger partial charge on any atom is -0.287 e. The molecule has 0 spiro atoms. The normalized spacial score (nSPS) is 15.6. The van der Waals surface area contributed by atoms with Crippen LogP contribution in [0.4, 0.5) is 4.20 Å². The summed E-state index contributed by atoms with van der Waals surface area (Å²) in [5.41, 5.74) is 0. The van der Waals surface area contributed by atoms with E-state index in [1.54, 1.807) is 0 Å². The van der Waals surface area contributed by atoms with Gasteiger partial charge in [-0.15, -0.1) is 4.20 Å². The molecule has 0 aliphatic heterocycles. The average Bonchev–Trinajstić information content (AvgIpc) is 2.11. The Hall–Kier alpha value is 0.0800. The third-order valence-corrected chi connectivity index (χ3v) is 2.64. The largest absolute Gasteiger partial charge is 0.512 e. The number of hydrogen-bond donors (Lipinski definition) is 0. The van der Waals surface area contributed by atoms with Crippen molar-refractivity contribution in [2.45, 2.75) is 39.0 Å². The smallest absolute Gasteiger partial charge is 0.287 e. The van der Waals surface area contributed by atoms with Gasteiger partial charge in [0.15, 0.2) is 0 Å². The first-order chi connectivity index (χ1) is 6.12. The van der Waals surface area contributed by atoms with E-state index < -0.39 is 7.91 Å². The van der Waals surface area contributed by atoms with Gasteiger partial charge >= 0.3 is 7.91 Å². The zero-order valence-electron chi connectivity index (χ0n) is 8.29. The zero-order chi connectivity index (χ0) is 10.2. The van der Waals surface area contributed by atoms with Crippen molar-refractivity contribution in [2.24, 2.45) is 0 Å². The van der Waals surface area contributed by atoms with Gasteiger partial charge in [0.1, 0.15) is 0 Å². The molecule has 0 radical (unpaired) electrons. The van der Waals surface area contributed by atoms with Crippen LogP contribution in [0.5, 0.6) is 0 Å². The van der Waals surface area contributed by atoms with Crippen molar-refractivity contribution >= 4 is 7.91 Å². The second-order valence-corrected chi connectivity index (χ2v) is 4.35. The van der Waals surface area contributed by atoms with Crippen molar-refractivity contribution in [1.29, 1.82) is 0 Å². The molecule has 0 aliphatic carbocycles. The second kappa shape index (κ2) is 7.48. The van der Waals surface area contributed by atoms with Gasteiger partial charge in [-0.3, -0.25) is 9.05 Å². The average molecular weight is 212 g/mol. The topological polar surface area (TPSA) is 35.5 Å². The molecule has 0 aromatic rings. The van der Waals surface area contributed by atoms with Crippen LogP contribution in [0.3, 0.4) is 0 Å². The van der Waals surface area contributed by atoms with Gasteiger partial charge in [-0.2, -0.15) is 0 Å². The van der Waals surface area contributed by atoms with Crippen LogP contribution < -0.4 is 0 Å². The number of hydrogen-bond acceptors (Lipinski definition) is 3. The van der Waals surface area contributed by atoms with Crippen molar-refractivity contribution in [1.82, 2.24) is 0 Å². The third-order valence-electron chi connectivity index (χ3n) is 1.71. The van der Waals surface area contributed by atoms with Crippen molar-refractivity contribution < 1.29 is 17.8 Å². The summed E-state index contributed by atoms with van der Waals surface area (Å²) in [4.78, 5) is 0. The van der Waals surface area contributed by atoms with Crippen LogP contribution in [-0.2, 0) is 13.6 Å². The molecule has 80 valence electrons. The van der Waals surface area contributed by atoms with Crippen molar-refractivity contribution in [3.63, 3.8) is 0 Å². The highest BCUT2D eigenvalue weighted by Gasteiger charge is 2.20. The molecule has 1 atom stereocenters. The molecule has 0 aromatic heterocycles. The maximum atomic E-state index is 12.5. The lowest BCUT2D eigenvalue weighted by molar-refractivity contribution is 0.197. The van der Waals surface area contributed by atoms with Crippen LogP contribution in [0.1, 0.15) is 39.0 Å². The summed E-state index contributed by atoms with van der Waals surface area (Å²) in [7, 11) is -3.19. The third kappa shape index (κ3) is 8.41. The molecule has 0 saturated heterocycles. The highest BCUT2D eigenvalue weighted by atomic mass is 31.2. The standard InChI is InChI=1S/C8H18FO3P/c1-3-4-5-6-7-8-12-13(9,10)11-2/h3-8H2,1-2H3. The van der Waals surface area contributed by atoms with E-state index in [-0.39, 0.29) is 6.61 Å². The summed E-state index contributed by atoms with van der Waals surface area (Å²) >= 11 is 0. The second-order valence-electron chi connectivity index (χ2n) is 2.86. The van der Waals surface area contributed by atoms with E-state index in [1.165, 1.54) is 12.8 Å². The van der Waals surface area contributed by atoms with Gasteiger partial charge in [0.25, 0.3) is 0 Å². The molecule has 3 nitrogen and oxygen atoms in total. The summed E-state index contributed by atoms with van der Waals surface area (Å²) in [5, 5.41) is 0. The lowest BCUT2D eigenvalue weighted by atomic mass is 10.2. The van der Waals surface area contributed by atoms with E-state index in [9.17, 15) is 8.76 Å². The lowest BCUT2D eigenvalue weighted by Crippen LogP contribution is -1.91. The first kappa shape index (κ1) is 13.1. The van der Waals surface area contributed by atoms with Crippen molar-refractivity contribution in [2.75, 3.05) is 13.7 Å². The van der Waals surface area contributed by atoms with Gasteiger partial charge in [0, 0.05) is 7.11 Å². The van der Waals surface area contributed by atoms with E-state index in [0.717, 1.165) is 26.4 Å². The fourth-order valence-corrected chi connectivity index (χ4v) is 1.38. The Labute approximate surface area is 79.3 Å². The molecular formula is C8H18FO3P. The highest BCUT2D eigenvalue weighted by Crippen LogP contribution is 2.48. The molecule has 0 fully saturated rings. The van der Waals surface area contributed by atoms with Gasteiger partial charge in [0.05, 0.1) is 6.61 Å². The summed E-state index contributed by atoms with van der Waals surface area (Å²) in [6.45, 7) is 2.29. The van der Waals surface area contributed by atoms with E-state index in [0.29, 0.717) is 0 Å². The van der Waals surface area contributed by atoms with Gasteiger partial charge in [-0.25, -0.2) is 4.57 Å². The van der Waals surface area contributed by atoms with Crippen LogP contribution >= 0.6 is 7.91 Å². The van der Waals surface area contributed by atoms with Gasteiger partial charge in [-0.05, 0) is 6.42 Å². The van der Waals surface area contributed by atoms with Gasteiger partial charge in [-0.1, -0.05) is 32.6 Å². The molecule has 0 saturated carbocycles. The Morgan fingerprint density at radius 2 is 1.85 bits per heavy atom. The van der Waals surface area contributed by atoms with Crippen molar-refractivity contribution in [3.8, 4) is 0 Å². The van der Waals surface area contributed by atoms with Gasteiger partial charge < -0.3 is 0 Å². The fourth-order valence-electron chi connectivity index (χ4n) is 0.932. The molecule has 5 heteroatoms. The Morgan fingerprint density at radius 3 is 2.38 bits per heavy atom. The zero-order valence-corrected chi connectivity index (χ0v) is 9.19. The first-order valence-electron chi connectivity index (χ1n) is 4.62. The Morgan fingerprint density at radius 1 is 1.23 bits per heavy atom. The number of rotatable bonds is 8. The van der Waals surface area contributed by atoms with Crippen LogP contribution in [-0.4, -0.2) is 13.7 Å². The first-order valence-corrected chi connectivity index (χ1v) is 6.05. The minimum absolute atomic E-state index is 0.172. The molecule has 13 heavy (non-hydrogen) atoms. The minimum atomic E-state index is -4.23. The predicted molar refractivity (Wildman–Crippen MR) is 50.4 cm³/mol. The van der Waals surface area contributed by atoms with Gasteiger partial charge in [0.2, 0.25) is 0 Å². The lowest BCUT2D eigenvalue weighted by Gasteiger charge is -2.06. The molecule has 1 unspecified atom stereocenters. The molecule has 0 bridgehead atoms.